The van der Waals surface area contributed by atoms with E-state index in [0.717, 1.165) is 12.5 Å². The van der Waals surface area contributed by atoms with Crippen LogP contribution >= 0.6 is 0 Å². The van der Waals surface area contributed by atoms with E-state index < -0.39 is 0 Å². The first-order valence-electron chi connectivity index (χ1n) is 7.69. The molecule has 1 aromatic carbocycles. The minimum absolute atomic E-state index is 0.274. The molecule has 0 saturated heterocycles. The van der Waals surface area contributed by atoms with Gasteiger partial charge in [-0.25, -0.2) is 0 Å². The van der Waals surface area contributed by atoms with Gasteiger partial charge in [0.05, 0.1) is 0 Å². The van der Waals surface area contributed by atoms with Gasteiger partial charge >= 0.3 is 0 Å². The number of benzene rings is 1. The fourth-order valence-corrected chi connectivity index (χ4v) is 3.13. The van der Waals surface area contributed by atoms with Gasteiger partial charge in [-0.15, -0.1) is 0 Å². The highest BCUT2D eigenvalue weighted by Crippen LogP contribution is 2.40. The first-order chi connectivity index (χ1) is 9.66. The van der Waals surface area contributed by atoms with Crippen molar-refractivity contribution in [2.45, 2.75) is 51.0 Å². The summed E-state index contributed by atoms with van der Waals surface area (Å²) in [5.41, 5.74) is 1.74. The molecule has 0 aliphatic heterocycles. The molecule has 2 N–H and O–H groups in total. The summed E-state index contributed by atoms with van der Waals surface area (Å²) < 4.78 is 0. The van der Waals surface area contributed by atoms with Crippen molar-refractivity contribution >= 4 is 5.96 Å². The molecule has 0 unspecified atom stereocenters. The Morgan fingerprint density at radius 2 is 1.85 bits per heavy atom. The Hall–Kier alpha value is -1.51. The molecule has 1 aliphatic rings. The zero-order valence-electron chi connectivity index (χ0n) is 12.9. The Bertz CT molecular complexity index is 431. The van der Waals surface area contributed by atoms with Gasteiger partial charge in [-0.3, -0.25) is 4.99 Å². The highest BCUT2D eigenvalue weighted by atomic mass is 15.2. The molecular weight excluding hydrogens is 246 g/mol. The van der Waals surface area contributed by atoms with Crippen molar-refractivity contribution in [2.75, 3.05) is 13.6 Å². The predicted octanol–water partition coefficient (Wildman–Crippen LogP) is 3.07. The van der Waals surface area contributed by atoms with Crippen molar-refractivity contribution in [1.29, 1.82) is 0 Å². The van der Waals surface area contributed by atoms with E-state index in [-0.39, 0.29) is 5.41 Å². The standard InChI is InChI=1S/C17H27N3/c1-14(2)20-16(18-3)19-13-17(11-7-8-12-17)15-9-5-4-6-10-15/h4-6,9-10,14H,7-8,11-13H2,1-3H3,(H2,18,19,20). The van der Waals surface area contributed by atoms with Crippen LogP contribution in [0.2, 0.25) is 0 Å². The summed E-state index contributed by atoms with van der Waals surface area (Å²) >= 11 is 0. The third-order valence-electron chi connectivity index (χ3n) is 4.19. The fourth-order valence-electron chi connectivity index (χ4n) is 3.13. The average Bonchev–Trinajstić information content (AvgIpc) is 2.94. The molecule has 0 spiro atoms. The monoisotopic (exact) mass is 273 g/mol. The second-order valence-corrected chi connectivity index (χ2v) is 6.08. The fraction of sp³-hybridized carbons (Fsp3) is 0.588. The normalized spacial score (nSPS) is 18.3. The second-order valence-electron chi connectivity index (χ2n) is 6.08. The molecule has 3 nitrogen and oxygen atoms in total. The molecule has 2 rings (SSSR count). The van der Waals surface area contributed by atoms with Crippen molar-refractivity contribution in [3.8, 4) is 0 Å². The number of nitrogens with zero attached hydrogens (tertiary/aromatic N) is 1. The lowest BCUT2D eigenvalue weighted by molar-refractivity contribution is 0.431. The summed E-state index contributed by atoms with van der Waals surface area (Å²) in [4.78, 5) is 4.31. The quantitative estimate of drug-likeness (QED) is 0.653. The van der Waals surface area contributed by atoms with Crippen LogP contribution in [0.1, 0.15) is 45.1 Å². The number of rotatable bonds is 4. The van der Waals surface area contributed by atoms with E-state index >= 15 is 0 Å². The van der Waals surface area contributed by atoms with Crippen molar-refractivity contribution in [3.63, 3.8) is 0 Å². The van der Waals surface area contributed by atoms with Crippen molar-refractivity contribution in [2.24, 2.45) is 4.99 Å². The van der Waals surface area contributed by atoms with Crippen LogP contribution in [0.4, 0.5) is 0 Å². The third-order valence-corrected chi connectivity index (χ3v) is 4.19. The Balaban J connectivity index is 2.07. The molecular formula is C17H27N3. The largest absolute Gasteiger partial charge is 0.356 e. The van der Waals surface area contributed by atoms with Crippen LogP contribution in [-0.2, 0) is 5.41 Å². The number of nitrogens with one attached hydrogen (secondary N) is 2. The highest BCUT2D eigenvalue weighted by molar-refractivity contribution is 5.80. The van der Waals surface area contributed by atoms with Gasteiger partial charge < -0.3 is 10.6 Å². The van der Waals surface area contributed by atoms with Gasteiger partial charge in [0.2, 0.25) is 0 Å². The molecule has 0 atom stereocenters. The van der Waals surface area contributed by atoms with E-state index in [4.69, 9.17) is 0 Å². The number of guanidine groups is 1. The van der Waals surface area contributed by atoms with Gasteiger partial charge in [0, 0.05) is 25.0 Å². The summed E-state index contributed by atoms with van der Waals surface area (Å²) in [7, 11) is 1.83. The van der Waals surface area contributed by atoms with Crippen LogP contribution < -0.4 is 10.6 Å². The number of hydrogen-bond donors (Lipinski definition) is 2. The van der Waals surface area contributed by atoms with Gasteiger partial charge in [0.1, 0.15) is 0 Å². The van der Waals surface area contributed by atoms with Crippen LogP contribution in [0.15, 0.2) is 35.3 Å². The summed E-state index contributed by atoms with van der Waals surface area (Å²) in [5.74, 6) is 0.905. The molecule has 20 heavy (non-hydrogen) atoms. The Labute approximate surface area is 122 Å². The highest BCUT2D eigenvalue weighted by Gasteiger charge is 2.35. The van der Waals surface area contributed by atoms with Crippen molar-refractivity contribution in [1.82, 2.24) is 10.6 Å². The molecule has 110 valence electrons. The molecule has 1 fully saturated rings. The summed E-state index contributed by atoms with van der Waals surface area (Å²) in [6.45, 7) is 5.23. The zero-order valence-corrected chi connectivity index (χ0v) is 12.9. The van der Waals surface area contributed by atoms with Crippen LogP contribution in [0, 0.1) is 0 Å². The van der Waals surface area contributed by atoms with E-state index in [1.54, 1.807) is 0 Å². The van der Waals surface area contributed by atoms with Gasteiger partial charge in [-0.1, -0.05) is 43.2 Å². The second kappa shape index (κ2) is 6.78. The SMILES string of the molecule is CN=C(NCC1(c2ccccc2)CCCC1)NC(C)C. The molecule has 1 aliphatic carbocycles. The van der Waals surface area contributed by atoms with Gasteiger partial charge in [0.15, 0.2) is 5.96 Å². The summed E-state index contributed by atoms with van der Waals surface area (Å²) in [5, 5.41) is 6.88. The van der Waals surface area contributed by atoms with E-state index in [1.807, 2.05) is 7.05 Å². The Kier molecular flexibility index (Phi) is 5.05. The molecule has 0 aromatic heterocycles. The van der Waals surface area contributed by atoms with E-state index in [2.05, 4.69) is 59.8 Å². The smallest absolute Gasteiger partial charge is 0.191 e. The molecule has 1 aromatic rings. The van der Waals surface area contributed by atoms with E-state index in [9.17, 15) is 0 Å². The van der Waals surface area contributed by atoms with Gasteiger partial charge in [0.25, 0.3) is 0 Å². The molecule has 0 amide bonds. The van der Waals surface area contributed by atoms with Crippen LogP contribution in [0.5, 0.6) is 0 Å². The minimum atomic E-state index is 0.274. The maximum Gasteiger partial charge on any atom is 0.191 e. The van der Waals surface area contributed by atoms with Crippen molar-refractivity contribution < 1.29 is 0 Å². The maximum atomic E-state index is 4.31. The predicted molar refractivity (Wildman–Crippen MR) is 86.2 cm³/mol. The minimum Gasteiger partial charge on any atom is -0.356 e. The third kappa shape index (κ3) is 3.53. The maximum absolute atomic E-state index is 4.31. The van der Waals surface area contributed by atoms with Gasteiger partial charge in [-0.2, -0.15) is 0 Å². The zero-order chi connectivity index (χ0) is 14.4. The lowest BCUT2D eigenvalue weighted by Gasteiger charge is -2.31. The first kappa shape index (κ1) is 14.9. The van der Waals surface area contributed by atoms with Crippen LogP contribution in [0.25, 0.3) is 0 Å². The number of aliphatic imine (C=N–C) groups is 1. The Morgan fingerprint density at radius 3 is 2.40 bits per heavy atom. The molecule has 0 bridgehead atoms. The summed E-state index contributed by atoms with van der Waals surface area (Å²) in [6.07, 6.45) is 5.19. The first-order valence-corrected chi connectivity index (χ1v) is 7.69. The van der Waals surface area contributed by atoms with Crippen LogP contribution in [0.3, 0.4) is 0 Å². The number of hydrogen-bond acceptors (Lipinski definition) is 1. The van der Waals surface area contributed by atoms with Crippen LogP contribution in [-0.4, -0.2) is 25.6 Å². The summed E-state index contributed by atoms with van der Waals surface area (Å²) in [6, 6.07) is 11.3. The van der Waals surface area contributed by atoms with E-state index in [1.165, 1.54) is 31.2 Å². The molecule has 1 saturated carbocycles. The topological polar surface area (TPSA) is 36.4 Å². The van der Waals surface area contributed by atoms with Crippen molar-refractivity contribution in [3.05, 3.63) is 35.9 Å². The molecule has 0 heterocycles. The Morgan fingerprint density at radius 1 is 1.20 bits per heavy atom. The van der Waals surface area contributed by atoms with Gasteiger partial charge in [-0.05, 0) is 32.3 Å². The lowest BCUT2D eigenvalue weighted by atomic mass is 9.79. The molecule has 0 radical (unpaired) electrons. The average molecular weight is 273 g/mol. The molecule has 3 heteroatoms. The van der Waals surface area contributed by atoms with E-state index in [0.29, 0.717) is 6.04 Å². The lowest BCUT2D eigenvalue weighted by Crippen LogP contribution is -2.46.